The van der Waals surface area contributed by atoms with E-state index in [0.717, 1.165) is 12.8 Å². The summed E-state index contributed by atoms with van der Waals surface area (Å²) in [5.74, 6) is 1.40. The van der Waals surface area contributed by atoms with E-state index in [9.17, 15) is 9.59 Å². The SMILES string of the molecule is COc1ccc(-c2nc(NC(=O)c3ccc(NC(=O)NC4CC4)cc3)n[nH]2)c(OC)c1. The van der Waals surface area contributed by atoms with Gasteiger partial charge in [-0.25, -0.2) is 4.79 Å². The number of anilines is 2. The van der Waals surface area contributed by atoms with Gasteiger partial charge in [-0.05, 0) is 49.2 Å². The summed E-state index contributed by atoms with van der Waals surface area (Å²) in [7, 11) is 3.12. The number of aromatic nitrogens is 3. The number of H-pyrrole nitrogens is 1. The van der Waals surface area contributed by atoms with E-state index in [1.807, 2.05) is 0 Å². The number of rotatable bonds is 7. The first kappa shape index (κ1) is 20.2. The maximum atomic E-state index is 12.5. The van der Waals surface area contributed by atoms with Crippen molar-refractivity contribution in [2.75, 3.05) is 24.9 Å². The zero-order valence-corrected chi connectivity index (χ0v) is 17.1. The van der Waals surface area contributed by atoms with Crippen LogP contribution in [0.1, 0.15) is 23.2 Å². The minimum atomic E-state index is -0.374. The van der Waals surface area contributed by atoms with Gasteiger partial charge >= 0.3 is 6.03 Å². The Balaban J connectivity index is 1.40. The normalized spacial score (nSPS) is 12.7. The van der Waals surface area contributed by atoms with Gasteiger partial charge in [-0.3, -0.25) is 15.2 Å². The molecular formula is C21H22N6O4. The first-order valence-electron chi connectivity index (χ1n) is 9.69. The molecule has 3 amide bonds. The highest BCUT2D eigenvalue weighted by atomic mass is 16.5. The number of carbonyl (C=O) groups is 2. The fourth-order valence-corrected chi connectivity index (χ4v) is 2.89. The molecule has 3 aromatic rings. The molecule has 2 aromatic carbocycles. The predicted molar refractivity (Wildman–Crippen MR) is 114 cm³/mol. The van der Waals surface area contributed by atoms with Crippen LogP contribution in [0.4, 0.5) is 16.4 Å². The van der Waals surface area contributed by atoms with Gasteiger partial charge in [0.1, 0.15) is 11.5 Å². The largest absolute Gasteiger partial charge is 0.497 e. The Morgan fingerprint density at radius 1 is 1.03 bits per heavy atom. The van der Waals surface area contributed by atoms with Crippen LogP contribution < -0.4 is 25.4 Å². The number of amides is 3. The summed E-state index contributed by atoms with van der Waals surface area (Å²) >= 11 is 0. The number of nitrogens with one attached hydrogen (secondary N) is 4. The topological polar surface area (TPSA) is 130 Å². The molecule has 31 heavy (non-hydrogen) atoms. The molecule has 1 saturated carbocycles. The lowest BCUT2D eigenvalue weighted by Gasteiger charge is -2.08. The number of ether oxygens (including phenoxy) is 2. The third-order valence-electron chi connectivity index (χ3n) is 4.69. The van der Waals surface area contributed by atoms with Crippen LogP contribution in [0.3, 0.4) is 0 Å². The summed E-state index contributed by atoms with van der Waals surface area (Å²) in [6.45, 7) is 0. The van der Waals surface area contributed by atoms with Crippen LogP contribution in [0.5, 0.6) is 11.5 Å². The minimum Gasteiger partial charge on any atom is -0.497 e. The number of methoxy groups -OCH3 is 2. The molecule has 1 heterocycles. The van der Waals surface area contributed by atoms with Crippen molar-refractivity contribution in [3.63, 3.8) is 0 Å². The van der Waals surface area contributed by atoms with Gasteiger partial charge in [0.2, 0.25) is 5.95 Å². The Hall–Kier alpha value is -4.08. The van der Waals surface area contributed by atoms with Crippen molar-refractivity contribution in [1.82, 2.24) is 20.5 Å². The Labute approximate surface area is 178 Å². The van der Waals surface area contributed by atoms with E-state index < -0.39 is 0 Å². The monoisotopic (exact) mass is 422 g/mol. The van der Waals surface area contributed by atoms with E-state index in [-0.39, 0.29) is 23.9 Å². The van der Waals surface area contributed by atoms with Gasteiger partial charge in [-0.2, -0.15) is 4.98 Å². The zero-order valence-electron chi connectivity index (χ0n) is 17.1. The van der Waals surface area contributed by atoms with Gasteiger partial charge in [-0.15, -0.1) is 5.10 Å². The van der Waals surface area contributed by atoms with E-state index in [0.29, 0.717) is 34.1 Å². The molecule has 4 rings (SSSR count). The maximum absolute atomic E-state index is 12.5. The van der Waals surface area contributed by atoms with Gasteiger partial charge < -0.3 is 20.1 Å². The summed E-state index contributed by atoms with van der Waals surface area (Å²) in [6, 6.07) is 11.9. The number of nitrogens with zero attached hydrogens (tertiary/aromatic N) is 2. The molecule has 0 unspecified atom stereocenters. The van der Waals surface area contributed by atoms with Crippen molar-refractivity contribution in [1.29, 1.82) is 0 Å². The van der Waals surface area contributed by atoms with Gasteiger partial charge in [0.15, 0.2) is 5.82 Å². The average molecular weight is 422 g/mol. The smallest absolute Gasteiger partial charge is 0.319 e. The van der Waals surface area contributed by atoms with Crippen LogP contribution >= 0.6 is 0 Å². The Bertz CT molecular complexity index is 1090. The molecule has 0 radical (unpaired) electrons. The number of benzene rings is 2. The lowest BCUT2D eigenvalue weighted by Crippen LogP contribution is -2.30. The molecular weight excluding hydrogens is 400 g/mol. The summed E-state index contributed by atoms with van der Waals surface area (Å²) in [6.07, 6.45) is 2.03. The first-order valence-corrected chi connectivity index (χ1v) is 9.69. The van der Waals surface area contributed by atoms with Crippen molar-refractivity contribution in [3.8, 4) is 22.9 Å². The summed E-state index contributed by atoms with van der Waals surface area (Å²) in [5.41, 5.74) is 1.68. The number of hydrogen-bond donors (Lipinski definition) is 4. The van der Waals surface area contributed by atoms with Crippen LogP contribution in [-0.2, 0) is 0 Å². The van der Waals surface area contributed by atoms with Crippen LogP contribution in [0.15, 0.2) is 42.5 Å². The molecule has 1 fully saturated rings. The van der Waals surface area contributed by atoms with Crippen LogP contribution in [-0.4, -0.2) is 47.4 Å². The molecule has 1 aliphatic rings. The Morgan fingerprint density at radius 2 is 1.81 bits per heavy atom. The van der Waals surface area contributed by atoms with Gasteiger partial charge in [0, 0.05) is 23.4 Å². The van der Waals surface area contributed by atoms with Crippen molar-refractivity contribution < 1.29 is 19.1 Å². The number of aromatic amines is 1. The average Bonchev–Trinajstić information content (AvgIpc) is 3.48. The molecule has 0 atom stereocenters. The van der Waals surface area contributed by atoms with Gasteiger partial charge in [0.05, 0.1) is 19.8 Å². The van der Waals surface area contributed by atoms with E-state index >= 15 is 0 Å². The molecule has 0 aliphatic heterocycles. The standard InChI is InChI=1S/C21H22N6O4/c1-30-15-9-10-16(17(11-15)31-2)18-24-20(27-26-18)25-19(28)12-3-5-13(6-4-12)22-21(29)23-14-7-8-14/h3-6,9-11,14H,7-8H2,1-2H3,(H2,22,23,29)(H2,24,25,26,27,28). The van der Waals surface area contributed by atoms with E-state index in [2.05, 4.69) is 31.1 Å². The molecule has 0 saturated heterocycles. The van der Waals surface area contributed by atoms with Crippen molar-refractivity contribution in [2.24, 2.45) is 0 Å². The maximum Gasteiger partial charge on any atom is 0.319 e. The number of urea groups is 1. The number of hydrogen-bond acceptors (Lipinski definition) is 6. The third kappa shape index (κ3) is 4.92. The molecule has 160 valence electrons. The molecule has 1 aliphatic carbocycles. The summed E-state index contributed by atoms with van der Waals surface area (Å²) in [4.78, 5) is 28.6. The second-order valence-electron chi connectivity index (χ2n) is 6.98. The zero-order chi connectivity index (χ0) is 21.8. The lowest BCUT2D eigenvalue weighted by atomic mass is 10.2. The van der Waals surface area contributed by atoms with E-state index in [1.165, 1.54) is 0 Å². The Morgan fingerprint density at radius 3 is 2.48 bits per heavy atom. The highest BCUT2D eigenvalue weighted by Crippen LogP contribution is 2.31. The van der Waals surface area contributed by atoms with Crippen molar-refractivity contribution in [3.05, 3.63) is 48.0 Å². The van der Waals surface area contributed by atoms with Crippen LogP contribution in [0.25, 0.3) is 11.4 Å². The van der Waals surface area contributed by atoms with Crippen LogP contribution in [0.2, 0.25) is 0 Å². The lowest BCUT2D eigenvalue weighted by molar-refractivity contribution is 0.102. The van der Waals surface area contributed by atoms with Crippen molar-refractivity contribution >= 4 is 23.6 Å². The summed E-state index contributed by atoms with van der Waals surface area (Å²) < 4.78 is 10.6. The number of carbonyl (C=O) groups excluding carboxylic acids is 2. The first-order chi connectivity index (χ1) is 15.1. The second-order valence-corrected chi connectivity index (χ2v) is 6.98. The highest BCUT2D eigenvalue weighted by Gasteiger charge is 2.23. The van der Waals surface area contributed by atoms with Crippen LogP contribution in [0, 0.1) is 0 Å². The fraction of sp³-hybridized carbons (Fsp3) is 0.238. The van der Waals surface area contributed by atoms with E-state index in [1.54, 1.807) is 56.7 Å². The molecule has 0 spiro atoms. The van der Waals surface area contributed by atoms with E-state index in [4.69, 9.17) is 9.47 Å². The predicted octanol–water partition coefficient (Wildman–Crippen LogP) is 3.03. The van der Waals surface area contributed by atoms with Crippen molar-refractivity contribution in [2.45, 2.75) is 18.9 Å². The molecule has 10 nitrogen and oxygen atoms in total. The third-order valence-corrected chi connectivity index (χ3v) is 4.69. The second kappa shape index (κ2) is 8.74. The van der Waals surface area contributed by atoms with Gasteiger partial charge in [-0.1, -0.05) is 0 Å². The fourth-order valence-electron chi connectivity index (χ4n) is 2.89. The minimum absolute atomic E-state index is 0.129. The molecule has 10 heteroatoms. The Kier molecular flexibility index (Phi) is 5.69. The summed E-state index contributed by atoms with van der Waals surface area (Å²) in [5, 5.41) is 15.1. The quantitative estimate of drug-likeness (QED) is 0.463. The van der Waals surface area contributed by atoms with Gasteiger partial charge in [0.25, 0.3) is 5.91 Å². The molecule has 4 N–H and O–H groups in total. The molecule has 1 aromatic heterocycles. The highest BCUT2D eigenvalue weighted by molar-refractivity contribution is 6.03. The molecule has 0 bridgehead atoms.